The van der Waals surface area contributed by atoms with Crippen LogP contribution < -0.4 is 0 Å². The molecule has 204 valence electrons. The number of hydrogen-bond acceptors (Lipinski definition) is 4. The molecule has 0 radical (unpaired) electrons. The van der Waals surface area contributed by atoms with E-state index in [1.165, 1.54) is 0 Å². The second-order valence-corrected chi connectivity index (χ2v) is 11.6. The second-order valence-electron chi connectivity index (χ2n) is 11.6. The number of carbonyl (C=O) groups is 2. The predicted octanol–water partition coefficient (Wildman–Crippen LogP) is 7.45. The van der Waals surface area contributed by atoms with Gasteiger partial charge in [-0.1, -0.05) is 127 Å². The maximum absolute atomic E-state index is 14.9. The highest BCUT2D eigenvalue weighted by Crippen LogP contribution is 2.74. The quantitative estimate of drug-likeness (QED) is 0.183. The number of carbonyl (C=O) groups excluding carboxylic acids is 2. The fraction of sp³-hybridized carbons (Fsp3) is 0.158. The number of benzene rings is 5. The third kappa shape index (κ3) is 3.08. The van der Waals surface area contributed by atoms with Gasteiger partial charge in [0.1, 0.15) is 6.10 Å². The summed E-state index contributed by atoms with van der Waals surface area (Å²) < 4.78 is 6.83. The van der Waals surface area contributed by atoms with E-state index in [-0.39, 0.29) is 17.5 Å². The molecule has 1 N–H and O–H groups in total. The molecule has 0 amide bonds. The van der Waals surface area contributed by atoms with Gasteiger partial charge in [0.25, 0.3) is 0 Å². The van der Waals surface area contributed by atoms with Crippen LogP contribution in [0.1, 0.15) is 60.6 Å². The van der Waals surface area contributed by atoms with E-state index in [1.54, 1.807) is 0 Å². The normalized spacial score (nSPS) is 26.8. The molecule has 1 heterocycles. The summed E-state index contributed by atoms with van der Waals surface area (Å²) in [6.07, 6.45) is 3.19. The molecule has 1 aliphatic heterocycles. The second kappa shape index (κ2) is 8.93. The lowest BCUT2D eigenvalue weighted by molar-refractivity contribution is -0.215. The first-order valence-corrected chi connectivity index (χ1v) is 14.4. The Morgan fingerprint density at radius 2 is 1.26 bits per heavy atom. The van der Waals surface area contributed by atoms with Gasteiger partial charge >= 0.3 is 0 Å². The van der Waals surface area contributed by atoms with Gasteiger partial charge in [0.05, 0.1) is 11.3 Å². The summed E-state index contributed by atoms with van der Waals surface area (Å²) in [5.41, 5.74) is 3.80. The van der Waals surface area contributed by atoms with Crippen molar-refractivity contribution in [1.82, 2.24) is 0 Å². The summed E-state index contributed by atoms with van der Waals surface area (Å²) in [4.78, 5) is 29.4. The summed E-state index contributed by atoms with van der Waals surface area (Å²) in [6.45, 7) is 2.07. The van der Waals surface area contributed by atoms with Crippen LogP contribution in [0.25, 0.3) is 10.8 Å². The Morgan fingerprint density at radius 3 is 1.93 bits per heavy atom. The van der Waals surface area contributed by atoms with E-state index >= 15 is 0 Å². The SMILES string of the molecule is Cc1c2c(c(C(=O)c3ccccc3)c3ccccc13)C1OC(O)(c3ccccc3)C3C=CC2C13C(=O)c1ccccc1. The van der Waals surface area contributed by atoms with Gasteiger partial charge in [-0.3, -0.25) is 9.59 Å². The number of aryl methyl sites for hydroxylation is 1. The number of allylic oxidation sites excluding steroid dienone is 1. The summed E-state index contributed by atoms with van der Waals surface area (Å²) >= 11 is 0. The Kier molecular flexibility index (Phi) is 5.34. The number of ketones is 2. The fourth-order valence-electron chi connectivity index (χ4n) is 7.97. The van der Waals surface area contributed by atoms with Crippen LogP contribution in [0.2, 0.25) is 0 Å². The molecule has 0 aromatic heterocycles. The van der Waals surface area contributed by atoms with Gasteiger partial charge in [0, 0.05) is 28.2 Å². The molecule has 4 nitrogen and oxygen atoms in total. The standard InChI is InChI=1S/C38H28O4/c1-23-27-19-11-12-20-28(27)32(34(39)24-13-5-2-6-14-24)33-31(23)29-21-22-30-37(29,35(40)25-15-7-3-8-16-25)36(33)42-38(30,41)26-17-9-4-10-18-26/h2-22,29-30,36,41H,1H3. The molecular weight excluding hydrogens is 520 g/mol. The third-order valence-electron chi connectivity index (χ3n) is 9.69. The maximum atomic E-state index is 14.9. The summed E-state index contributed by atoms with van der Waals surface area (Å²) in [5.74, 6) is -3.00. The van der Waals surface area contributed by atoms with E-state index in [1.807, 2.05) is 121 Å². The summed E-state index contributed by atoms with van der Waals surface area (Å²) in [5, 5.41) is 14.3. The Hall–Kier alpha value is -4.64. The molecule has 0 bridgehead atoms. The van der Waals surface area contributed by atoms with Crippen LogP contribution in [-0.4, -0.2) is 16.7 Å². The Bertz CT molecular complexity index is 1930. The molecule has 5 atom stereocenters. The maximum Gasteiger partial charge on any atom is 0.200 e. The van der Waals surface area contributed by atoms with Gasteiger partial charge in [-0.2, -0.15) is 0 Å². The highest BCUT2D eigenvalue weighted by molar-refractivity contribution is 6.19. The summed E-state index contributed by atoms with van der Waals surface area (Å²) in [7, 11) is 0. The number of rotatable bonds is 5. The van der Waals surface area contributed by atoms with Crippen LogP contribution in [0.3, 0.4) is 0 Å². The first-order valence-electron chi connectivity index (χ1n) is 14.4. The number of fused-ring (bicyclic) bond motifs is 4. The third-order valence-corrected chi connectivity index (χ3v) is 9.69. The van der Waals surface area contributed by atoms with Crippen molar-refractivity contribution in [1.29, 1.82) is 0 Å². The van der Waals surface area contributed by atoms with Crippen LogP contribution >= 0.6 is 0 Å². The molecule has 3 aliphatic rings. The van der Waals surface area contributed by atoms with Crippen LogP contribution in [0.5, 0.6) is 0 Å². The molecule has 0 spiro atoms. The van der Waals surface area contributed by atoms with E-state index in [4.69, 9.17) is 4.74 Å². The highest BCUT2D eigenvalue weighted by Gasteiger charge is 2.75. The number of ether oxygens (including phenoxy) is 1. The van der Waals surface area contributed by atoms with Crippen molar-refractivity contribution in [3.05, 3.63) is 166 Å². The lowest BCUT2D eigenvalue weighted by Crippen LogP contribution is -2.42. The van der Waals surface area contributed by atoms with Gasteiger partial charge in [-0.05, 0) is 34.4 Å². The first-order chi connectivity index (χ1) is 20.5. The molecule has 0 saturated carbocycles. The van der Waals surface area contributed by atoms with Crippen molar-refractivity contribution in [3.8, 4) is 0 Å². The van der Waals surface area contributed by atoms with Crippen molar-refractivity contribution >= 4 is 22.3 Å². The molecule has 4 heteroatoms. The Morgan fingerprint density at radius 1 is 0.690 bits per heavy atom. The van der Waals surface area contributed by atoms with Gasteiger partial charge < -0.3 is 9.84 Å². The van der Waals surface area contributed by atoms with E-state index < -0.39 is 23.2 Å². The minimum atomic E-state index is -1.76. The van der Waals surface area contributed by atoms with E-state index in [2.05, 4.69) is 13.0 Å². The average Bonchev–Trinajstić information content (AvgIpc) is 3.67. The zero-order valence-electron chi connectivity index (χ0n) is 23.0. The average molecular weight is 549 g/mol. The van der Waals surface area contributed by atoms with Gasteiger partial charge in [-0.25, -0.2) is 0 Å². The van der Waals surface area contributed by atoms with Gasteiger partial charge in [0.2, 0.25) is 5.79 Å². The fourth-order valence-corrected chi connectivity index (χ4v) is 7.97. The van der Waals surface area contributed by atoms with Crippen molar-refractivity contribution in [3.63, 3.8) is 0 Å². The van der Waals surface area contributed by atoms with Crippen molar-refractivity contribution in [2.24, 2.45) is 11.3 Å². The predicted molar refractivity (Wildman–Crippen MR) is 161 cm³/mol. The van der Waals surface area contributed by atoms with Crippen molar-refractivity contribution < 1.29 is 19.4 Å². The van der Waals surface area contributed by atoms with E-state index in [0.717, 1.165) is 27.5 Å². The summed E-state index contributed by atoms with van der Waals surface area (Å²) in [6, 6.07) is 35.8. The monoisotopic (exact) mass is 548 g/mol. The minimum Gasteiger partial charge on any atom is -0.361 e. The molecule has 1 fully saturated rings. The molecule has 1 saturated heterocycles. The molecule has 5 aromatic rings. The lowest BCUT2D eigenvalue weighted by Gasteiger charge is -2.34. The number of Topliss-reactive ketones (excluding diaryl/α,β-unsaturated/α-hetero) is 1. The molecule has 8 rings (SSSR count). The Labute approximate surface area is 243 Å². The lowest BCUT2D eigenvalue weighted by atomic mass is 9.64. The zero-order chi connectivity index (χ0) is 28.6. The van der Waals surface area contributed by atoms with Crippen molar-refractivity contribution in [2.75, 3.05) is 0 Å². The van der Waals surface area contributed by atoms with Crippen LogP contribution in [-0.2, 0) is 10.5 Å². The van der Waals surface area contributed by atoms with Gasteiger partial charge in [0.15, 0.2) is 11.6 Å². The number of aliphatic hydroxyl groups is 1. The van der Waals surface area contributed by atoms with Crippen LogP contribution in [0.15, 0.2) is 127 Å². The van der Waals surface area contributed by atoms with E-state index in [0.29, 0.717) is 22.3 Å². The van der Waals surface area contributed by atoms with E-state index in [9.17, 15) is 14.7 Å². The molecule has 42 heavy (non-hydrogen) atoms. The molecular formula is C38H28O4. The molecule has 5 unspecified atom stereocenters. The number of hydrogen-bond donors (Lipinski definition) is 1. The Balaban J connectivity index is 1.47. The molecule has 2 aliphatic carbocycles. The molecule has 5 aromatic carbocycles. The van der Waals surface area contributed by atoms with Gasteiger partial charge in [-0.15, -0.1) is 0 Å². The zero-order valence-corrected chi connectivity index (χ0v) is 23.0. The van der Waals surface area contributed by atoms with Crippen LogP contribution in [0.4, 0.5) is 0 Å². The topological polar surface area (TPSA) is 63.6 Å². The van der Waals surface area contributed by atoms with Crippen molar-refractivity contribution in [2.45, 2.75) is 24.7 Å². The smallest absolute Gasteiger partial charge is 0.200 e. The van der Waals surface area contributed by atoms with Crippen LogP contribution in [0, 0.1) is 18.3 Å². The minimum absolute atomic E-state index is 0.0854. The highest BCUT2D eigenvalue weighted by atomic mass is 16.6. The largest absolute Gasteiger partial charge is 0.361 e. The first kappa shape index (κ1) is 25.1.